The number of carbonyl (C=O) groups is 2. The van der Waals surface area contributed by atoms with E-state index in [0.717, 1.165) is 23.1 Å². The summed E-state index contributed by atoms with van der Waals surface area (Å²) in [4.78, 5) is 37.6. The Morgan fingerprint density at radius 1 is 1.31 bits per heavy atom. The second-order valence-electron chi connectivity index (χ2n) is 7.19. The predicted octanol–water partition coefficient (Wildman–Crippen LogP) is 1.53. The first-order chi connectivity index (χ1) is 16.9. The van der Waals surface area contributed by atoms with Crippen molar-refractivity contribution in [1.29, 1.82) is 0 Å². The van der Waals surface area contributed by atoms with E-state index in [2.05, 4.69) is 19.3 Å². The van der Waals surface area contributed by atoms with Crippen LogP contribution in [0.5, 0.6) is 5.88 Å². The van der Waals surface area contributed by atoms with Crippen LogP contribution in [0.15, 0.2) is 34.2 Å². The molecule has 15 heteroatoms. The third-order valence-electron chi connectivity index (χ3n) is 4.84. The number of aromatic carboxylic acids is 1. The summed E-state index contributed by atoms with van der Waals surface area (Å²) < 4.78 is 20.4. The monoisotopic (exact) mass is 538 g/mol. The van der Waals surface area contributed by atoms with Gasteiger partial charge in [-0.2, -0.15) is 9.47 Å². The summed E-state index contributed by atoms with van der Waals surface area (Å²) in [5.41, 5.74) is 3.03. The van der Waals surface area contributed by atoms with Crippen LogP contribution in [-0.4, -0.2) is 69.4 Å². The lowest BCUT2D eigenvalue weighted by Gasteiger charge is -2.26. The number of morpholine rings is 1. The highest BCUT2D eigenvalue weighted by molar-refractivity contribution is 7.11. The quantitative estimate of drug-likeness (QED) is 0.305. The molecule has 1 aromatic carbocycles. The van der Waals surface area contributed by atoms with Crippen molar-refractivity contribution in [3.05, 3.63) is 55.1 Å². The van der Waals surface area contributed by atoms with E-state index in [9.17, 15) is 14.4 Å². The number of halogens is 1. The molecule has 0 aliphatic carbocycles. The number of hydrazone groups is 1. The fourth-order valence-electron chi connectivity index (χ4n) is 3.17. The number of nitrogens with one attached hydrogen (secondary N) is 1. The number of amides is 1. The first-order valence-corrected chi connectivity index (χ1v) is 12.2. The van der Waals surface area contributed by atoms with Crippen molar-refractivity contribution in [3.8, 4) is 5.88 Å². The fraction of sp³-hybridized carbons (Fsp3) is 0.300. The maximum absolute atomic E-state index is 12.4. The Kier molecular flexibility index (Phi) is 8.07. The molecule has 184 valence electrons. The highest BCUT2D eigenvalue weighted by atomic mass is 35.5. The summed E-state index contributed by atoms with van der Waals surface area (Å²) >= 11 is 8.16. The van der Waals surface area contributed by atoms with Crippen LogP contribution in [0.25, 0.3) is 0 Å². The molecule has 0 saturated carbocycles. The summed E-state index contributed by atoms with van der Waals surface area (Å²) in [7, 11) is 0. The predicted molar refractivity (Wildman–Crippen MR) is 130 cm³/mol. The van der Waals surface area contributed by atoms with Crippen LogP contribution in [0.3, 0.4) is 0 Å². The number of thiazole rings is 1. The van der Waals surface area contributed by atoms with Gasteiger partial charge in [0.25, 0.3) is 11.8 Å². The molecule has 1 aliphatic rings. The fourth-order valence-corrected chi connectivity index (χ4v) is 4.79. The minimum absolute atomic E-state index is 0.0937. The Bertz CT molecular complexity index is 1300. The number of anilines is 1. The van der Waals surface area contributed by atoms with Gasteiger partial charge in [-0.3, -0.25) is 14.2 Å². The zero-order valence-corrected chi connectivity index (χ0v) is 20.4. The molecule has 4 rings (SSSR count). The lowest BCUT2D eigenvalue weighted by Crippen LogP contribution is -2.36. The number of hydrogen-bond donors (Lipinski definition) is 2. The Hall–Kier alpha value is -3.33. The minimum atomic E-state index is -1.06. The highest BCUT2D eigenvalue weighted by Crippen LogP contribution is 2.26. The van der Waals surface area contributed by atoms with Crippen molar-refractivity contribution in [2.75, 3.05) is 37.8 Å². The molecule has 1 fully saturated rings. The van der Waals surface area contributed by atoms with Crippen LogP contribution in [0.4, 0.5) is 5.82 Å². The van der Waals surface area contributed by atoms with Crippen LogP contribution >= 0.6 is 34.7 Å². The second-order valence-corrected chi connectivity index (χ2v) is 9.07. The van der Waals surface area contributed by atoms with Gasteiger partial charge in [0.05, 0.1) is 48.1 Å². The van der Waals surface area contributed by atoms with Gasteiger partial charge in [0.15, 0.2) is 6.61 Å². The number of carboxylic acid groups (broad SMARTS) is 1. The number of ether oxygens (including phenoxy) is 2. The maximum atomic E-state index is 12.4. The van der Waals surface area contributed by atoms with Gasteiger partial charge in [0, 0.05) is 13.1 Å². The van der Waals surface area contributed by atoms with E-state index in [1.54, 1.807) is 12.1 Å². The van der Waals surface area contributed by atoms with Gasteiger partial charge in [-0.05, 0) is 17.7 Å². The van der Waals surface area contributed by atoms with Crippen molar-refractivity contribution >= 4 is 58.6 Å². The van der Waals surface area contributed by atoms with Gasteiger partial charge >= 0.3 is 10.8 Å². The number of aromatic nitrogens is 3. The molecule has 0 radical (unpaired) electrons. The molecule has 0 unspecified atom stereocenters. The lowest BCUT2D eigenvalue weighted by molar-refractivity contribution is -0.123. The van der Waals surface area contributed by atoms with Crippen molar-refractivity contribution in [2.24, 2.45) is 5.10 Å². The second kappa shape index (κ2) is 11.4. The van der Waals surface area contributed by atoms with Gasteiger partial charge in [0.2, 0.25) is 5.82 Å². The van der Waals surface area contributed by atoms with Gasteiger partial charge in [0.1, 0.15) is 5.15 Å². The third kappa shape index (κ3) is 6.22. The van der Waals surface area contributed by atoms with Gasteiger partial charge in [-0.25, -0.2) is 10.2 Å². The Labute approximate surface area is 211 Å². The summed E-state index contributed by atoms with van der Waals surface area (Å²) in [5, 5.41) is 13.1. The smallest absolute Gasteiger partial charge is 0.335 e. The van der Waals surface area contributed by atoms with Gasteiger partial charge in [-0.15, -0.1) is 4.37 Å². The van der Waals surface area contributed by atoms with Crippen molar-refractivity contribution in [2.45, 2.75) is 6.54 Å². The largest absolute Gasteiger partial charge is 0.478 e. The van der Waals surface area contributed by atoms with Crippen LogP contribution in [0, 0.1) is 0 Å². The molecule has 1 saturated heterocycles. The summed E-state index contributed by atoms with van der Waals surface area (Å²) in [5.74, 6) is -0.759. The SMILES string of the molecule is O=C(COc1nsnc1N1CCOCC1)N/N=C/c1sc(=O)n(Cc2cccc(C(=O)O)c2)c1Cl. The molecule has 35 heavy (non-hydrogen) atoms. The molecule has 12 nitrogen and oxygen atoms in total. The van der Waals surface area contributed by atoms with E-state index < -0.39 is 11.9 Å². The molecule has 3 aromatic rings. The molecule has 2 aromatic heterocycles. The topological polar surface area (TPSA) is 148 Å². The molecule has 2 N–H and O–H groups in total. The molecule has 0 spiro atoms. The Balaban J connectivity index is 1.33. The molecule has 0 bridgehead atoms. The third-order valence-corrected chi connectivity index (χ3v) is 6.77. The maximum Gasteiger partial charge on any atom is 0.335 e. The van der Waals surface area contributed by atoms with E-state index in [-0.39, 0.29) is 34.6 Å². The number of hydrogen-bond acceptors (Lipinski definition) is 11. The van der Waals surface area contributed by atoms with Crippen LogP contribution in [-0.2, 0) is 16.1 Å². The summed E-state index contributed by atoms with van der Waals surface area (Å²) in [6, 6.07) is 6.22. The number of benzene rings is 1. The molecule has 1 aliphatic heterocycles. The number of rotatable bonds is 9. The van der Waals surface area contributed by atoms with Crippen LogP contribution in [0.2, 0.25) is 5.15 Å². The Morgan fingerprint density at radius 2 is 2.11 bits per heavy atom. The van der Waals surface area contributed by atoms with E-state index in [4.69, 9.17) is 26.2 Å². The number of carbonyl (C=O) groups excluding carboxylic acids is 1. The molecule has 1 amide bonds. The highest BCUT2D eigenvalue weighted by Gasteiger charge is 2.20. The molecular weight excluding hydrogens is 520 g/mol. The summed E-state index contributed by atoms with van der Waals surface area (Å²) in [6.45, 7) is 2.25. The van der Waals surface area contributed by atoms with Crippen molar-refractivity contribution in [1.82, 2.24) is 18.7 Å². The Morgan fingerprint density at radius 3 is 2.89 bits per heavy atom. The van der Waals surface area contributed by atoms with Gasteiger partial charge in [-0.1, -0.05) is 35.1 Å². The van der Waals surface area contributed by atoms with Crippen molar-refractivity contribution < 1.29 is 24.2 Å². The normalized spacial score (nSPS) is 13.8. The molecule has 0 atom stereocenters. The van der Waals surface area contributed by atoms with E-state index in [1.807, 2.05) is 4.90 Å². The zero-order chi connectivity index (χ0) is 24.8. The first-order valence-electron chi connectivity index (χ1n) is 10.2. The number of nitrogens with zero attached hydrogens (tertiary/aromatic N) is 5. The van der Waals surface area contributed by atoms with Gasteiger partial charge < -0.3 is 19.5 Å². The molecule has 3 heterocycles. The minimum Gasteiger partial charge on any atom is -0.478 e. The number of carboxylic acids is 1. The zero-order valence-electron chi connectivity index (χ0n) is 18.0. The average Bonchev–Trinajstić information content (AvgIpc) is 3.43. The van der Waals surface area contributed by atoms with E-state index in [1.165, 1.54) is 22.9 Å². The van der Waals surface area contributed by atoms with Crippen molar-refractivity contribution in [3.63, 3.8) is 0 Å². The van der Waals surface area contributed by atoms with Crippen LogP contribution < -0.4 is 19.9 Å². The molecular formula is C20H19ClN6O6S2. The van der Waals surface area contributed by atoms with E-state index in [0.29, 0.717) is 42.6 Å². The first kappa shape index (κ1) is 24.8. The summed E-state index contributed by atoms with van der Waals surface area (Å²) in [6.07, 6.45) is 1.26. The standard InChI is InChI=1S/C20H19ClN6O6S2/c21-16-14(34-20(31)27(16)10-12-2-1-3-13(8-12)19(29)30)9-22-23-15(28)11-33-18-17(24-35-25-18)26-4-6-32-7-5-26/h1-3,8-9H,4-7,10-11H2,(H,23,28)(H,29,30)/b22-9+. The lowest BCUT2D eigenvalue weighted by atomic mass is 10.1. The average molecular weight is 539 g/mol. The van der Waals surface area contributed by atoms with E-state index >= 15 is 0 Å². The van der Waals surface area contributed by atoms with Crippen LogP contribution in [0.1, 0.15) is 20.8 Å².